The van der Waals surface area contributed by atoms with Gasteiger partial charge in [0.05, 0.1) is 16.3 Å². The Kier molecular flexibility index (Phi) is 5.51. The zero-order chi connectivity index (χ0) is 19.6. The number of rotatable bonds is 4. The van der Waals surface area contributed by atoms with Gasteiger partial charge in [-0.2, -0.15) is 0 Å². The van der Waals surface area contributed by atoms with Crippen LogP contribution in [0.2, 0.25) is 0 Å². The van der Waals surface area contributed by atoms with Crippen molar-refractivity contribution >= 4 is 40.4 Å². The minimum Gasteiger partial charge on any atom is -0.333 e. The topological polar surface area (TPSA) is 86.9 Å². The monoisotopic (exact) mass is 382 g/mol. The number of imidazole rings is 1. The predicted octanol–water partition coefficient (Wildman–Crippen LogP) is 4.32. The number of hydrogen-bond donors (Lipinski definition) is 3. The van der Waals surface area contributed by atoms with Crippen molar-refractivity contribution in [2.45, 2.75) is 38.1 Å². The number of hydrogen-bond acceptors (Lipinski definition) is 4. The molecule has 3 N–H and O–H groups in total. The average Bonchev–Trinajstić information content (AvgIpc) is 2.98. The number of fused-ring (bicyclic) bond motifs is 1. The number of H-pyrrole nitrogens is 1. The molecule has 0 saturated heterocycles. The molecule has 7 heteroatoms. The van der Waals surface area contributed by atoms with Gasteiger partial charge in [-0.3, -0.25) is 10.1 Å². The molecule has 2 aromatic carbocycles. The van der Waals surface area contributed by atoms with Crippen molar-refractivity contribution in [1.82, 2.24) is 15.3 Å². The minimum atomic E-state index is -0.542. The molecule has 0 bridgehead atoms. The number of imide groups is 1. The fourth-order valence-corrected chi connectivity index (χ4v) is 3.52. The van der Waals surface area contributed by atoms with Gasteiger partial charge in [0.1, 0.15) is 0 Å². The van der Waals surface area contributed by atoms with Crippen molar-refractivity contribution in [2.24, 2.45) is 0 Å². The van der Waals surface area contributed by atoms with Gasteiger partial charge in [0.25, 0.3) is 0 Å². The van der Waals surface area contributed by atoms with Crippen molar-refractivity contribution in [2.75, 3.05) is 5.32 Å². The summed E-state index contributed by atoms with van der Waals surface area (Å²) >= 11 is 1.28. The second kappa shape index (κ2) is 7.84. The van der Waals surface area contributed by atoms with E-state index in [2.05, 4.69) is 20.6 Å². The number of aromatic amines is 1. The first-order chi connectivity index (χ1) is 12.8. The van der Waals surface area contributed by atoms with E-state index in [1.54, 1.807) is 6.92 Å². The van der Waals surface area contributed by atoms with E-state index in [1.807, 2.05) is 57.2 Å². The third kappa shape index (κ3) is 4.68. The van der Waals surface area contributed by atoms with Crippen LogP contribution in [0.25, 0.3) is 11.0 Å². The third-order valence-corrected chi connectivity index (χ3v) is 5.12. The molecular weight excluding hydrogens is 360 g/mol. The normalized spacial score (nSPS) is 12.0. The van der Waals surface area contributed by atoms with E-state index in [1.165, 1.54) is 11.8 Å². The van der Waals surface area contributed by atoms with Crippen LogP contribution < -0.4 is 10.6 Å². The lowest BCUT2D eigenvalue weighted by atomic mass is 10.1. The van der Waals surface area contributed by atoms with Gasteiger partial charge in [-0.05, 0) is 57.0 Å². The van der Waals surface area contributed by atoms with Crippen LogP contribution in [0.3, 0.4) is 0 Å². The summed E-state index contributed by atoms with van der Waals surface area (Å²) in [4.78, 5) is 32.1. The van der Waals surface area contributed by atoms with E-state index in [9.17, 15) is 9.59 Å². The van der Waals surface area contributed by atoms with Gasteiger partial charge >= 0.3 is 6.03 Å². The van der Waals surface area contributed by atoms with E-state index in [-0.39, 0.29) is 5.91 Å². The van der Waals surface area contributed by atoms with Crippen LogP contribution in [-0.2, 0) is 4.79 Å². The quantitative estimate of drug-likeness (QED) is 0.587. The lowest BCUT2D eigenvalue weighted by Gasteiger charge is -2.12. The summed E-state index contributed by atoms with van der Waals surface area (Å²) in [5.74, 6) is -0.376. The average molecular weight is 382 g/mol. The van der Waals surface area contributed by atoms with Crippen molar-refractivity contribution in [3.8, 4) is 0 Å². The van der Waals surface area contributed by atoms with Gasteiger partial charge in [0.15, 0.2) is 5.16 Å². The Morgan fingerprint density at radius 1 is 1.07 bits per heavy atom. The van der Waals surface area contributed by atoms with Gasteiger partial charge in [-0.1, -0.05) is 35.5 Å². The van der Waals surface area contributed by atoms with Gasteiger partial charge < -0.3 is 10.3 Å². The first-order valence-corrected chi connectivity index (χ1v) is 9.52. The SMILES string of the molecule is Cc1ccc(NC(=O)NC(=O)C(C)Sc2nc3ccc(C)cc3[nH]2)c(C)c1. The number of thioether (sulfide) groups is 1. The van der Waals surface area contributed by atoms with E-state index in [4.69, 9.17) is 0 Å². The van der Waals surface area contributed by atoms with Gasteiger partial charge in [-0.25, -0.2) is 9.78 Å². The highest BCUT2D eigenvalue weighted by atomic mass is 32.2. The standard InChI is InChI=1S/C20H22N4O2S/c1-11-5-7-15(13(3)9-11)21-19(26)24-18(25)14(4)27-20-22-16-8-6-12(2)10-17(16)23-20/h5-10,14H,1-4H3,(H,22,23)(H2,21,24,25,26). The highest BCUT2D eigenvalue weighted by molar-refractivity contribution is 8.00. The minimum absolute atomic E-state index is 0.376. The van der Waals surface area contributed by atoms with Crippen LogP contribution in [0, 0.1) is 20.8 Å². The Balaban J connectivity index is 1.60. The fourth-order valence-electron chi connectivity index (χ4n) is 2.70. The van der Waals surface area contributed by atoms with Crippen molar-refractivity contribution in [3.63, 3.8) is 0 Å². The molecule has 3 aromatic rings. The number of amides is 3. The summed E-state index contributed by atoms with van der Waals surface area (Å²) in [6.45, 7) is 7.64. The maximum atomic E-state index is 12.3. The molecule has 6 nitrogen and oxygen atoms in total. The second-order valence-corrected chi connectivity index (χ2v) is 7.91. The summed E-state index contributed by atoms with van der Waals surface area (Å²) in [6.07, 6.45) is 0. The predicted molar refractivity (Wildman–Crippen MR) is 109 cm³/mol. The summed E-state index contributed by atoms with van der Waals surface area (Å²) in [7, 11) is 0. The van der Waals surface area contributed by atoms with Crippen LogP contribution in [0.1, 0.15) is 23.6 Å². The van der Waals surface area contributed by atoms with Gasteiger partial charge in [-0.15, -0.1) is 0 Å². The van der Waals surface area contributed by atoms with Crippen LogP contribution >= 0.6 is 11.8 Å². The highest BCUT2D eigenvalue weighted by Crippen LogP contribution is 2.24. The van der Waals surface area contributed by atoms with E-state index >= 15 is 0 Å². The largest absolute Gasteiger partial charge is 0.333 e. The Hall–Kier alpha value is -2.80. The van der Waals surface area contributed by atoms with E-state index in [0.717, 1.165) is 27.7 Å². The molecule has 3 rings (SSSR count). The number of nitrogens with zero attached hydrogens (tertiary/aromatic N) is 1. The van der Waals surface area contributed by atoms with Crippen LogP contribution in [0.15, 0.2) is 41.6 Å². The molecule has 1 aromatic heterocycles. The third-order valence-electron chi connectivity index (χ3n) is 4.14. The number of anilines is 1. The zero-order valence-electron chi connectivity index (χ0n) is 15.7. The molecule has 27 heavy (non-hydrogen) atoms. The molecule has 0 spiro atoms. The van der Waals surface area contributed by atoms with Gasteiger partial charge in [0.2, 0.25) is 5.91 Å². The number of urea groups is 1. The molecule has 1 unspecified atom stereocenters. The fraction of sp³-hybridized carbons (Fsp3) is 0.250. The van der Waals surface area contributed by atoms with Crippen LogP contribution in [0.5, 0.6) is 0 Å². The molecule has 1 atom stereocenters. The smallest absolute Gasteiger partial charge is 0.325 e. The van der Waals surface area contributed by atoms with Crippen molar-refractivity contribution in [3.05, 3.63) is 53.1 Å². The molecular formula is C20H22N4O2S. The number of aryl methyl sites for hydroxylation is 3. The van der Waals surface area contributed by atoms with E-state index in [0.29, 0.717) is 10.8 Å². The maximum Gasteiger partial charge on any atom is 0.325 e. The highest BCUT2D eigenvalue weighted by Gasteiger charge is 2.19. The molecule has 3 amide bonds. The van der Waals surface area contributed by atoms with E-state index < -0.39 is 11.3 Å². The Morgan fingerprint density at radius 2 is 1.78 bits per heavy atom. The first-order valence-electron chi connectivity index (χ1n) is 8.64. The lowest BCUT2D eigenvalue weighted by Crippen LogP contribution is -2.39. The summed E-state index contributed by atoms with van der Waals surface area (Å²) in [5.41, 5.74) is 5.65. The zero-order valence-corrected chi connectivity index (χ0v) is 16.5. The Morgan fingerprint density at radius 3 is 2.52 bits per heavy atom. The molecule has 0 fully saturated rings. The van der Waals surface area contributed by atoms with Crippen molar-refractivity contribution < 1.29 is 9.59 Å². The van der Waals surface area contributed by atoms with Crippen LogP contribution in [-0.4, -0.2) is 27.2 Å². The summed E-state index contributed by atoms with van der Waals surface area (Å²) in [6, 6.07) is 11.1. The Labute approximate surface area is 162 Å². The lowest BCUT2D eigenvalue weighted by molar-refractivity contribution is -0.119. The van der Waals surface area contributed by atoms with Crippen LogP contribution in [0.4, 0.5) is 10.5 Å². The molecule has 0 aliphatic rings. The number of benzene rings is 2. The molecule has 0 radical (unpaired) electrons. The number of nitrogens with one attached hydrogen (secondary N) is 3. The van der Waals surface area contributed by atoms with Gasteiger partial charge in [0, 0.05) is 5.69 Å². The molecule has 140 valence electrons. The molecule has 0 aliphatic carbocycles. The Bertz CT molecular complexity index is 1010. The maximum absolute atomic E-state index is 12.3. The molecule has 0 saturated carbocycles. The number of carbonyl (C=O) groups is 2. The number of aromatic nitrogens is 2. The van der Waals surface area contributed by atoms with Crippen molar-refractivity contribution in [1.29, 1.82) is 0 Å². The number of carbonyl (C=O) groups excluding carboxylic acids is 2. The second-order valence-electron chi connectivity index (χ2n) is 6.58. The molecule has 0 aliphatic heterocycles. The summed E-state index contributed by atoms with van der Waals surface area (Å²) in [5, 5.41) is 5.26. The first kappa shape index (κ1) is 19.0. The molecule has 1 heterocycles. The summed E-state index contributed by atoms with van der Waals surface area (Å²) < 4.78 is 0.